The van der Waals surface area contributed by atoms with E-state index in [4.69, 9.17) is 4.98 Å². The van der Waals surface area contributed by atoms with E-state index in [0.29, 0.717) is 0 Å². The van der Waals surface area contributed by atoms with Gasteiger partial charge in [-0.2, -0.15) is 0 Å². The van der Waals surface area contributed by atoms with E-state index < -0.39 is 0 Å². The van der Waals surface area contributed by atoms with Gasteiger partial charge in [-0.05, 0) is 53.8 Å². The average Bonchev–Trinajstić information content (AvgIpc) is 3.04. The molecule has 0 fully saturated rings. The monoisotopic (exact) mass is 353 g/mol. The second-order valence-corrected chi connectivity index (χ2v) is 8.15. The maximum Gasteiger partial charge on any atom is 0.0908 e. The third-order valence-corrected chi connectivity index (χ3v) is 6.25. The van der Waals surface area contributed by atoms with Crippen molar-refractivity contribution in [3.05, 3.63) is 76.8 Å². The fourth-order valence-corrected chi connectivity index (χ4v) is 5.15. The molecule has 0 aliphatic carbocycles. The molecule has 1 heterocycles. The molecule has 26 heavy (non-hydrogen) atoms. The van der Waals surface area contributed by atoms with E-state index in [9.17, 15) is 0 Å². The van der Waals surface area contributed by atoms with Crippen LogP contribution >= 0.6 is 11.3 Å². The molecule has 0 aliphatic rings. The number of aromatic nitrogens is 1. The Kier molecular flexibility index (Phi) is 3.38. The highest BCUT2D eigenvalue weighted by molar-refractivity contribution is 7.19. The minimum atomic E-state index is 1.12. The molecule has 0 N–H and O–H groups in total. The molecule has 5 rings (SSSR count). The molecule has 0 saturated heterocycles. The van der Waals surface area contributed by atoms with Crippen molar-refractivity contribution in [2.24, 2.45) is 0 Å². The zero-order valence-corrected chi connectivity index (χ0v) is 15.9. The predicted molar refractivity (Wildman–Crippen MR) is 114 cm³/mol. The Morgan fingerprint density at radius 2 is 1.35 bits per heavy atom. The lowest BCUT2D eigenvalue weighted by atomic mass is 9.89. The van der Waals surface area contributed by atoms with Gasteiger partial charge in [-0.1, -0.05) is 60.7 Å². The van der Waals surface area contributed by atoms with Gasteiger partial charge >= 0.3 is 0 Å². The summed E-state index contributed by atoms with van der Waals surface area (Å²) in [4.78, 5) is 4.89. The number of aryl methyl sites for hydroxylation is 3. The van der Waals surface area contributed by atoms with Crippen LogP contribution < -0.4 is 0 Å². The fraction of sp³-hybridized carbons (Fsp3) is 0.125. The van der Waals surface area contributed by atoms with Gasteiger partial charge < -0.3 is 0 Å². The van der Waals surface area contributed by atoms with Crippen LogP contribution in [0, 0.1) is 20.8 Å². The summed E-state index contributed by atoms with van der Waals surface area (Å²) in [6.07, 6.45) is 0. The first-order chi connectivity index (χ1) is 12.6. The quantitative estimate of drug-likeness (QED) is 0.290. The lowest BCUT2D eigenvalue weighted by Crippen LogP contribution is -1.91. The summed E-state index contributed by atoms with van der Waals surface area (Å²) in [5.41, 5.74) is 6.41. The Morgan fingerprint density at radius 3 is 2.12 bits per heavy atom. The standard InChI is InChI=1S/C24H19NS/c1-14-8-6-9-15(2)21(14)19-12-7-13-20-22(19)17-10-4-5-11-18(17)24-23(20)25-16(3)26-24/h4-13H,1-3H3. The van der Waals surface area contributed by atoms with E-state index in [2.05, 4.69) is 81.4 Å². The zero-order chi connectivity index (χ0) is 17.8. The molecule has 0 atom stereocenters. The van der Waals surface area contributed by atoms with Crippen LogP contribution in [0.4, 0.5) is 0 Å². The van der Waals surface area contributed by atoms with E-state index in [-0.39, 0.29) is 0 Å². The number of rotatable bonds is 1. The summed E-state index contributed by atoms with van der Waals surface area (Å²) in [7, 11) is 0. The molecule has 0 radical (unpaired) electrons. The molecule has 4 aromatic carbocycles. The molecular formula is C24H19NS. The summed E-state index contributed by atoms with van der Waals surface area (Å²) in [5, 5.41) is 6.31. The normalized spacial score (nSPS) is 11.7. The van der Waals surface area contributed by atoms with E-state index in [1.165, 1.54) is 48.5 Å². The summed E-state index contributed by atoms with van der Waals surface area (Å²) in [6, 6.07) is 22.0. The van der Waals surface area contributed by atoms with E-state index >= 15 is 0 Å². The highest BCUT2D eigenvalue weighted by atomic mass is 32.1. The SMILES string of the molecule is Cc1nc2c3cccc(-c4c(C)cccc4C)c3c3ccccc3c2s1. The van der Waals surface area contributed by atoms with Gasteiger partial charge in [-0.3, -0.25) is 0 Å². The van der Waals surface area contributed by atoms with E-state index in [1.807, 2.05) is 0 Å². The molecule has 0 aliphatic heterocycles. The fourth-order valence-electron chi connectivity index (χ4n) is 4.18. The number of nitrogens with zero attached hydrogens (tertiary/aromatic N) is 1. The molecule has 1 aromatic heterocycles. The number of benzene rings is 4. The van der Waals surface area contributed by atoms with Crippen LogP contribution in [0.25, 0.3) is 42.9 Å². The van der Waals surface area contributed by atoms with Gasteiger partial charge in [-0.15, -0.1) is 11.3 Å². The molecular weight excluding hydrogens is 334 g/mol. The Labute approximate surface area is 156 Å². The van der Waals surface area contributed by atoms with Crippen molar-refractivity contribution >= 4 is 43.1 Å². The summed E-state index contributed by atoms with van der Waals surface area (Å²) < 4.78 is 1.30. The molecule has 0 amide bonds. The molecule has 0 saturated carbocycles. The topological polar surface area (TPSA) is 12.9 Å². The van der Waals surface area contributed by atoms with Gasteiger partial charge in [-0.25, -0.2) is 4.98 Å². The minimum absolute atomic E-state index is 1.12. The van der Waals surface area contributed by atoms with Crippen LogP contribution in [0.15, 0.2) is 60.7 Å². The summed E-state index contributed by atoms with van der Waals surface area (Å²) in [6.45, 7) is 6.50. The van der Waals surface area contributed by atoms with Gasteiger partial charge in [0.05, 0.1) is 15.2 Å². The van der Waals surface area contributed by atoms with Gasteiger partial charge in [0.15, 0.2) is 0 Å². The largest absolute Gasteiger partial charge is 0.241 e. The van der Waals surface area contributed by atoms with E-state index in [1.54, 1.807) is 11.3 Å². The van der Waals surface area contributed by atoms with Crippen molar-refractivity contribution in [2.75, 3.05) is 0 Å². The molecule has 5 aromatic rings. The Bertz CT molecular complexity index is 1290. The van der Waals surface area contributed by atoms with Gasteiger partial charge in [0.25, 0.3) is 0 Å². The van der Waals surface area contributed by atoms with Gasteiger partial charge in [0.2, 0.25) is 0 Å². The van der Waals surface area contributed by atoms with Crippen LogP contribution in [0.5, 0.6) is 0 Å². The van der Waals surface area contributed by atoms with E-state index in [0.717, 1.165) is 10.5 Å². The van der Waals surface area contributed by atoms with Gasteiger partial charge in [0.1, 0.15) is 0 Å². The highest BCUT2D eigenvalue weighted by Gasteiger charge is 2.16. The Morgan fingerprint density at radius 1 is 0.692 bits per heavy atom. The van der Waals surface area contributed by atoms with Crippen LogP contribution in [0.3, 0.4) is 0 Å². The van der Waals surface area contributed by atoms with Crippen molar-refractivity contribution in [1.29, 1.82) is 0 Å². The Hall–Kier alpha value is -2.71. The predicted octanol–water partition coefficient (Wildman–Crippen LogP) is 7.19. The summed E-state index contributed by atoms with van der Waals surface area (Å²) in [5.74, 6) is 0. The maximum absolute atomic E-state index is 4.89. The van der Waals surface area contributed by atoms with Gasteiger partial charge in [0, 0.05) is 10.8 Å². The van der Waals surface area contributed by atoms with Crippen LogP contribution in [-0.2, 0) is 0 Å². The first-order valence-electron chi connectivity index (χ1n) is 8.92. The molecule has 0 spiro atoms. The Balaban J connectivity index is 2.08. The van der Waals surface area contributed by atoms with Crippen molar-refractivity contribution in [1.82, 2.24) is 4.98 Å². The number of thiazole rings is 1. The molecule has 126 valence electrons. The lowest BCUT2D eigenvalue weighted by molar-refractivity contribution is 1.35. The van der Waals surface area contributed by atoms with Crippen molar-refractivity contribution in [3.63, 3.8) is 0 Å². The van der Waals surface area contributed by atoms with Crippen molar-refractivity contribution in [2.45, 2.75) is 20.8 Å². The molecule has 0 bridgehead atoms. The second kappa shape index (κ2) is 5.65. The zero-order valence-electron chi connectivity index (χ0n) is 15.1. The van der Waals surface area contributed by atoms with Crippen molar-refractivity contribution in [3.8, 4) is 11.1 Å². The summed E-state index contributed by atoms with van der Waals surface area (Å²) >= 11 is 1.79. The third kappa shape index (κ3) is 2.12. The van der Waals surface area contributed by atoms with Crippen LogP contribution in [0.1, 0.15) is 16.1 Å². The first-order valence-corrected chi connectivity index (χ1v) is 9.74. The maximum atomic E-state index is 4.89. The second-order valence-electron chi connectivity index (χ2n) is 6.95. The minimum Gasteiger partial charge on any atom is -0.241 e. The molecule has 2 heteroatoms. The van der Waals surface area contributed by atoms with Crippen LogP contribution in [0.2, 0.25) is 0 Å². The number of hydrogen-bond acceptors (Lipinski definition) is 2. The lowest BCUT2D eigenvalue weighted by Gasteiger charge is -2.15. The molecule has 0 unspecified atom stereocenters. The number of fused-ring (bicyclic) bond motifs is 6. The van der Waals surface area contributed by atoms with Crippen LogP contribution in [-0.4, -0.2) is 4.98 Å². The number of hydrogen-bond donors (Lipinski definition) is 0. The highest BCUT2D eigenvalue weighted by Crippen LogP contribution is 2.42. The first kappa shape index (κ1) is 15.5. The average molecular weight is 353 g/mol. The smallest absolute Gasteiger partial charge is 0.0908 e. The van der Waals surface area contributed by atoms with Crippen molar-refractivity contribution < 1.29 is 0 Å². The third-order valence-electron chi connectivity index (χ3n) is 5.25. The molecule has 1 nitrogen and oxygen atoms in total.